The van der Waals surface area contributed by atoms with Gasteiger partial charge in [-0.25, -0.2) is 0 Å². The van der Waals surface area contributed by atoms with E-state index in [1.165, 1.54) is 6.07 Å². The first kappa shape index (κ1) is 11.3. The van der Waals surface area contributed by atoms with Crippen LogP contribution in [0, 0.1) is 0 Å². The van der Waals surface area contributed by atoms with Gasteiger partial charge in [-0.3, -0.25) is 0 Å². The van der Waals surface area contributed by atoms with E-state index in [0.717, 1.165) is 0 Å². The molecule has 86 valence electrons. The van der Waals surface area contributed by atoms with Crippen molar-refractivity contribution >= 4 is 13.6 Å². The normalized spacial score (nSPS) is 24.1. The number of rotatable bonds is 2. The zero-order valence-electron chi connectivity index (χ0n) is 8.16. The standard InChI is InChI=1S/C10H11O5P/c11-10(12)9-7-4-2-1-3-6(7)5-8(9)16(13,14)15/h1-4,8-9H,5H2,(H,11,12)(H2,13,14,15)/p-3/t8-,9-/m1/s1. The van der Waals surface area contributed by atoms with E-state index in [0.29, 0.717) is 11.1 Å². The Hall–Kier alpha value is -1.16. The van der Waals surface area contributed by atoms with E-state index in [9.17, 15) is 24.3 Å². The maximum atomic E-state index is 11.0. The van der Waals surface area contributed by atoms with Crippen LogP contribution < -0.4 is 14.9 Å². The van der Waals surface area contributed by atoms with Gasteiger partial charge in [0.15, 0.2) is 0 Å². The van der Waals surface area contributed by atoms with Gasteiger partial charge in [0, 0.05) is 17.5 Å². The van der Waals surface area contributed by atoms with E-state index in [-0.39, 0.29) is 6.42 Å². The number of carbonyl (C=O) groups excluding carboxylic acids is 1. The predicted octanol–water partition coefficient (Wildman–Crippen LogP) is -1.64. The molecule has 0 amide bonds. The molecule has 0 fully saturated rings. The molecule has 0 unspecified atom stereocenters. The highest BCUT2D eigenvalue weighted by Crippen LogP contribution is 2.48. The van der Waals surface area contributed by atoms with Gasteiger partial charge in [0.25, 0.3) is 0 Å². The Morgan fingerprint density at radius 3 is 2.50 bits per heavy atom. The van der Waals surface area contributed by atoms with Gasteiger partial charge in [-0.1, -0.05) is 31.9 Å². The van der Waals surface area contributed by atoms with Crippen molar-refractivity contribution in [3.63, 3.8) is 0 Å². The fourth-order valence-corrected chi connectivity index (χ4v) is 3.22. The van der Waals surface area contributed by atoms with Crippen molar-refractivity contribution in [3.8, 4) is 0 Å². The predicted molar refractivity (Wildman–Crippen MR) is 49.3 cm³/mol. The van der Waals surface area contributed by atoms with Crippen LogP contribution in [-0.2, 0) is 15.8 Å². The molecule has 0 aliphatic heterocycles. The zero-order valence-corrected chi connectivity index (χ0v) is 9.05. The number of hydrogen-bond acceptors (Lipinski definition) is 5. The van der Waals surface area contributed by atoms with Crippen LogP contribution in [0.15, 0.2) is 24.3 Å². The molecule has 0 heterocycles. The quantitative estimate of drug-likeness (QED) is 0.575. The summed E-state index contributed by atoms with van der Waals surface area (Å²) in [7, 11) is -4.93. The molecule has 5 nitrogen and oxygen atoms in total. The molecule has 0 saturated heterocycles. The summed E-state index contributed by atoms with van der Waals surface area (Å²) in [6.45, 7) is 0. The van der Waals surface area contributed by atoms with Crippen molar-refractivity contribution in [2.24, 2.45) is 0 Å². The first-order chi connectivity index (χ1) is 7.41. The van der Waals surface area contributed by atoms with Crippen molar-refractivity contribution < 1.29 is 24.3 Å². The number of carboxylic acids is 1. The van der Waals surface area contributed by atoms with Crippen molar-refractivity contribution in [2.45, 2.75) is 18.0 Å². The van der Waals surface area contributed by atoms with Gasteiger partial charge in [-0.15, -0.1) is 0 Å². The summed E-state index contributed by atoms with van der Waals surface area (Å²) in [5.74, 6) is -2.85. The van der Waals surface area contributed by atoms with Gasteiger partial charge in [0.2, 0.25) is 0 Å². The van der Waals surface area contributed by atoms with E-state index in [4.69, 9.17) is 0 Å². The number of aliphatic carboxylic acids is 1. The first-order valence-corrected chi connectivity index (χ1v) is 6.33. The highest BCUT2D eigenvalue weighted by Gasteiger charge is 2.35. The lowest BCUT2D eigenvalue weighted by atomic mass is 10.0. The Bertz CT molecular complexity index is 478. The molecule has 0 bridgehead atoms. The van der Waals surface area contributed by atoms with Gasteiger partial charge in [0.1, 0.15) is 0 Å². The molecule has 1 aromatic carbocycles. The van der Waals surface area contributed by atoms with E-state index in [1.54, 1.807) is 18.2 Å². The number of carbonyl (C=O) groups is 1. The highest BCUT2D eigenvalue weighted by atomic mass is 31.2. The smallest absolute Gasteiger partial charge is 0.0496 e. The lowest BCUT2D eigenvalue weighted by molar-refractivity contribution is -0.323. The monoisotopic (exact) mass is 239 g/mol. The molecule has 0 spiro atoms. The first-order valence-electron chi connectivity index (χ1n) is 4.71. The molecular formula is C10H8O5P-3. The fraction of sp³-hybridized carbons (Fsp3) is 0.300. The van der Waals surface area contributed by atoms with Crippen molar-refractivity contribution in [1.29, 1.82) is 0 Å². The van der Waals surface area contributed by atoms with Crippen LogP contribution in [-0.4, -0.2) is 11.6 Å². The van der Waals surface area contributed by atoms with Gasteiger partial charge in [-0.05, 0) is 17.5 Å². The Labute approximate surface area is 91.9 Å². The topological polar surface area (TPSA) is 103 Å². The highest BCUT2D eigenvalue weighted by molar-refractivity contribution is 7.49. The summed E-state index contributed by atoms with van der Waals surface area (Å²) in [6.07, 6.45) is -0.0426. The van der Waals surface area contributed by atoms with Crippen LogP contribution in [0.4, 0.5) is 0 Å². The van der Waals surface area contributed by atoms with E-state index in [2.05, 4.69) is 0 Å². The van der Waals surface area contributed by atoms with Gasteiger partial charge < -0.3 is 24.3 Å². The molecule has 1 aromatic rings. The maximum absolute atomic E-state index is 11.0. The summed E-state index contributed by atoms with van der Waals surface area (Å²) in [6, 6.07) is 6.43. The molecule has 0 aromatic heterocycles. The number of hydrogen-bond donors (Lipinski definition) is 0. The lowest BCUT2D eigenvalue weighted by Crippen LogP contribution is -2.38. The fourth-order valence-electron chi connectivity index (χ4n) is 2.15. The molecule has 6 heteroatoms. The third kappa shape index (κ3) is 1.78. The zero-order chi connectivity index (χ0) is 11.9. The third-order valence-corrected chi connectivity index (χ3v) is 4.16. The van der Waals surface area contributed by atoms with Gasteiger partial charge in [0.05, 0.1) is 0 Å². The summed E-state index contributed by atoms with van der Waals surface area (Å²) < 4.78 is 11.0. The maximum Gasteiger partial charge on any atom is 0.0496 e. The second-order valence-electron chi connectivity index (χ2n) is 3.81. The summed E-state index contributed by atoms with van der Waals surface area (Å²) >= 11 is 0. The minimum absolute atomic E-state index is 0.0426. The minimum atomic E-state index is -4.93. The van der Waals surface area contributed by atoms with Crippen molar-refractivity contribution in [3.05, 3.63) is 35.4 Å². The van der Waals surface area contributed by atoms with Crippen LogP contribution in [0.25, 0.3) is 0 Å². The van der Waals surface area contributed by atoms with Crippen LogP contribution in [0.3, 0.4) is 0 Å². The van der Waals surface area contributed by atoms with E-state index >= 15 is 0 Å². The van der Waals surface area contributed by atoms with Crippen LogP contribution in [0.2, 0.25) is 0 Å². The van der Waals surface area contributed by atoms with Crippen LogP contribution in [0.1, 0.15) is 17.0 Å². The Morgan fingerprint density at radius 1 is 1.31 bits per heavy atom. The summed E-state index contributed by atoms with van der Waals surface area (Å²) in [5, 5.41) is 10.9. The average Bonchev–Trinajstić information content (AvgIpc) is 2.55. The largest absolute Gasteiger partial charge is 0.810 e. The lowest BCUT2D eigenvalue weighted by Gasteiger charge is -2.39. The number of fused-ring (bicyclic) bond motifs is 1. The molecule has 1 aliphatic rings. The molecule has 0 radical (unpaired) electrons. The SMILES string of the molecule is O=C([O-])[C@@H]1c2ccccc2C[C@H]1P(=O)([O-])[O-]. The second kappa shape index (κ2) is 3.70. The number of benzene rings is 1. The van der Waals surface area contributed by atoms with E-state index < -0.39 is 25.1 Å². The Balaban J connectivity index is 2.50. The molecule has 1 aliphatic carbocycles. The molecule has 2 atom stereocenters. The minimum Gasteiger partial charge on any atom is -0.810 e. The summed E-state index contributed by atoms with van der Waals surface area (Å²) in [4.78, 5) is 32.9. The van der Waals surface area contributed by atoms with E-state index in [1.807, 2.05) is 0 Å². The number of carboxylic acid groups (broad SMARTS) is 1. The van der Waals surface area contributed by atoms with Gasteiger partial charge >= 0.3 is 0 Å². The molecule has 16 heavy (non-hydrogen) atoms. The van der Waals surface area contributed by atoms with Crippen LogP contribution in [0.5, 0.6) is 0 Å². The van der Waals surface area contributed by atoms with Crippen molar-refractivity contribution in [1.82, 2.24) is 0 Å². The average molecular weight is 239 g/mol. The third-order valence-electron chi connectivity index (χ3n) is 2.86. The Morgan fingerprint density at radius 2 is 1.94 bits per heavy atom. The van der Waals surface area contributed by atoms with Gasteiger partial charge in [-0.2, -0.15) is 0 Å². The molecular weight excluding hydrogens is 231 g/mol. The molecule has 0 N–H and O–H groups in total. The van der Waals surface area contributed by atoms with Crippen molar-refractivity contribution in [2.75, 3.05) is 0 Å². The summed E-state index contributed by atoms with van der Waals surface area (Å²) in [5.41, 5.74) is -0.456. The second-order valence-corrected chi connectivity index (χ2v) is 5.55. The molecule has 0 saturated carbocycles. The molecule has 2 rings (SSSR count). The van der Waals surface area contributed by atoms with Crippen LogP contribution >= 0.6 is 7.60 Å². The Kier molecular flexibility index (Phi) is 2.62.